The molecule has 1 aliphatic rings. The van der Waals surface area contributed by atoms with Crippen molar-refractivity contribution >= 4 is 49.9 Å². The van der Waals surface area contributed by atoms with Gasteiger partial charge in [0.2, 0.25) is 0 Å². The maximum absolute atomic E-state index is 12.0. The molecule has 4 aromatic rings. The molecule has 0 atom stereocenters. The average molecular weight is 433 g/mol. The highest BCUT2D eigenvalue weighted by Crippen LogP contribution is 2.45. The number of nitrogens with two attached hydrogens (primary N) is 2. The second kappa shape index (κ2) is 7.27. The van der Waals surface area contributed by atoms with Gasteiger partial charge in [0.1, 0.15) is 38.5 Å². The predicted octanol–water partition coefficient (Wildman–Crippen LogP) is 3.01. The van der Waals surface area contributed by atoms with Crippen LogP contribution >= 0.6 is 11.3 Å². The molecule has 1 fully saturated rings. The van der Waals surface area contributed by atoms with Crippen LogP contribution in [-0.2, 0) is 0 Å². The van der Waals surface area contributed by atoms with Crippen molar-refractivity contribution in [3.8, 4) is 17.4 Å². The van der Waals surface area contributed by atoms with Crippen LogP contribution in [0.2, 0.25) is 0 Å². The van der Waals surface area contributed by atoms with E-state index in [9.17, 15) is 10.1 Å². The van der Waals surface area contributed by atoms with E-state index in [1.54, 1.807) is 0 Å². The molecule has 9 heteroatoms. The zero-order chi connectivity index (χ0) is 21.7. The number of amides is 1. The molecule has 3 aromatic heterocycles. The molecular weight excluding hydrogens is 412 g/mol. The highest BCUT2D eigenvalue weighted by atomic mass is 32.1. The minimum absolute atomic E-state index is 0.233. The number of aromatic nitrogens is 1. The van der Waals surface area contributed by atoms with Crippen molar-refractivity contribution in [1.82, 2.24) is 9.88 Å². The van der Waals surface area contributed by atoms with Crippen LogP contribution in [0.15, 0.2) is 34.7 Å². The summed E-state index contributed by atoms with van der Waals surface area (Å²) in [5, 5.41) is 11.6. The van der Waals surface area contributed by atoms with Crippen molar-refractivity contribution in [3.05, 3.63) is 40.8 Å². The third-order valence-corrected chi connectivity index (χ3v) is 6.78. The SMILES string of the molecule is CN1CCN(c2nc3sc(C(N)=O)c(N)c3c(-c3cc4ccccc4o3)c2C#N)CC1. The number of anilines is 2. The van der Waals surface area contributed by atoms with Crippen LogP contribution in [0.3, 0.4) is 0 Å². The monoisotopic (exact) mass is 432 g/mol. The van der Waals surface area contributed by atoms with Crippen LogP contribution in [0, 0.1) is 11.3 Å². The van der Waals surface area contributed by atoms with Gasteiger partial charge >= 0.3 is 0 Å². The smallest absolute Gasteiger partial charge is 0.260 e. The highest BCUT2D eigenvalue weighted by Gasteiger charge is 2.28. The van der Waals surface area contributed by atoms with Gasteiger partial charge in [0, 0.05) is 37.0 Å². The van der Waals surface area contributed by atoms with Crippen molar-refractivity contribution in [3.63, 3.8) is 0 Å². The van der Waals surface area contributed by atoms with Crippen LogP contribution in [-0.4, -0.2) is 49.0 Å². The topological polar surface area (TPSA) is 125 Å². The van der Waals surface area contributed by atoms with E-state index < -0.39 is 5.91 Å². The number of fused-ring (bicyclic) bond motifs is 2. The van der Waals surface area contributed by atoms with Crippen LogP contribution < -0.4 is 16.4 Å². The quantitative estimate of drug-likeness (QED) is 0.510. The summed E-state index contributed by atoms with van der Waals surface area (Å²) in [4.78, 5) is 21.9. The van der Waals surface area contributed by atoms with E-state index in [2.05, 4.69) is 22.9 Å². The fourth-order valence-electron chi connectivity index (χ4n) is 4.03. The Hall–Kier alpha value is -3.61. The van der Waals surface area contributed by atoms with Gasteiger partial charge in [-0.2, -0.15) is 5.26 Å². The first-order valence-electron chi connectivity index (χ1n) is 9.86. The zero-order valence-electron chi connectivity index (χ0n) is 16.9. The summed E-state index contributed by atoms with van der Waals surface area (Å²) < 4.78 is 6.12. The summed E-state index contributed by atoms with van der Waals surface area (Å²) in [6.07, 6.45) is 0. The minimum Gasteiger partial charge on any atom is -0.456 e. The predicted molar refractivity (Wildman–Crippen MR) is 122 cm³/mol. The molecule has 1 aromatic carbocycles. The molecule has 156 valence electrons. The third kappa shape index (κ3) is 3.08. The van der Waals surface area contributed by atoms with E-state index in [1.165, 1.54) is 0 Å². The molecule has 0 bridgehead atoms. The fourth-order valence-corrected chi connectivity index (χ4v) is 4.98. The van der Waals surface area contributed by atoms with Crippen LogP contribution in [0.25, 0.3) is 32.5 Å². The lowest BCUT2D eigenvalue weighted by Gasteiger charge is -2.33. The van der Waals surface area contributed by atoms with E-state index in [0.29, 0.717) is 38.5 Å². The number of rotatable bonds is 3. The fraction of sp³-hybridized carbons (Fsp3) is 0.227. The number of piperazine rings is 1. The third-order valence-electron chi connectivity index (χ3n) is 5.67. The molecule has 0 aliphatic carbocycles. The first-order valence-corrected chi connectivity index (χ1v) is 10.7. The molecule has 0 spiro atoms. The van der Waals surface area contributed by atoms with Gasteiger partial charge in [-0.1, -0.05) is 18.2 Å². The lowest BCUT2D eigenvalue weighted by Crippen LogP contribution is -2.45. The number of hydrogen-bond donors (Lipinski definition) is 2. The number of nitriles is 1. The van der Waals surface area contributed by atoms with Gasteiger partial charge in [-0.3, -0.25) is 4.79 Å². The second-order valence-corrected chi connectivity index (χ2v) is 8.62. The Labute approximate surface area is 182 Å². The first kappa shape index (κ1) is 19.4. The summed E-state index contributed by atoms with van der Waals surface area (Å²) in [7, 11) is 2.07. The highest BCUT2D eigenvalue weighted by molar-refractivity contribution is 7.21. The normalized spacial score (nSPS) is 14.9. The number of likely N-dealkylation sites (N-methyl/N-ethyl adjacent to an activating group) is 1. The number of nitrogens with zero attached hydrogens (tertiary/aromatic N) is 4. The Balaban J connectivity index is 1.84. The van der Waals surface area contributed by atoms with Crippen molar-refractivity contribution in [2.24, 2.45) is 5.73 Å². The van der Waals surface area contributed by atoms with E-state index in [1.807, 2.05) is 30.3 Å². The molecule has 5 rings (SSSR count). The lowest BCUT2D eigenvalue weighted by atomic mass is 10.0. The van der Waals surface area contributed by atoms with Crippen molar-refractivity contribution in [1.29, 1.82) is 5.26 Å². The number of pyridine rings is 1. The van der Waals surface area contributed by atoms with Gasteiger partial charge in [0.15, 0.2) is 0 Å². The zero-order valence-corrected chi connectivity index (χ0v) is 17.7. The summed E-state index contributed by atoms with van der Waals surface area (Å²) >= 11 is 1.15. The molecule has 1 aliphatic heterocycles. The molecule has 8 nitrogen and oxygen atoms in total. The number of thiophene rings is 1. The number of carbonyl (C=O) groups is 1. The minimum atomic E-state index is -0.615. The number of hydrogen-bond acceptors (Lipinski definition) is 8. The maximum atomic E-state index is 12.0. The summed E-state index contributed by atoms with van der Waals surface area (Å²) in [5.74, 6) is 0.479. The molecule has 0 saturated carbocycles. The number of nitrogen functional groups attached to an aromatic ring is 1. The largest absolute Gasteiger partial charge is 0.456 e. The van der Waals surface area contributed by atoms with Crippen LogP contribution in [0.1, 0.15) is 15.2 Å². The van der Waals surface area contributed by atoms with E-state index >= 15 is 0 Å². The molecular formula is C22H20N6O2S. The molecule has 4 heterocycles. The Kier molecular flexibility index (Phi) is 4.54. The van der Waals surface area contributed by atoms with Crippen molar-refractivity contribution in [2.75, 3.05) is 43.9 Å². The standard InChI is InChI=1S/C22H20N6O2S/c1-27-6-8-28(9-7-27)21-13(11-23)16(15-10-12-4-2-3-5-14(12)30-15)17-18(24)19(20(25)29)31-22(17)26-21/h2-5,10H,6-9,24H2,1H3,(H2,25,29). The molecule has 1 amide bonds. The van der Waals surface area contributed by atoms with Gasteiger partial charge in [-0.15, -0.1) is 11.3 Å². The molecule has 4 N–H and O–H groups in total. The Morgan fingerprint density at radius 1 is 1.26 bits per heavy atom. The van der Waals surface area contributed by atoms with Crippen molar-refractivity contribution in [2.45, 2.75) is 0 Å². The molecule has 0 unspecified atom stereocenters. The second-order valence-electron chi connectivity index (χ2n) is 7.63. The number of para-hydroxylation sites is 1. The van der Waals surface area contributed by atoms with Crippen LogP contribution in [0.5, 0.6) is 0 Å². The van der Waals surface area contributed by atoms with E-state index in [0.717, 1.165) is 42.9 Å². The Morgan fingerprint density at radius 2 is 2.00 bits per heavy atom. The van der Waals surface area contributed by atoms with Gasteiger partial charge < -0.3 is 25.7 Å². The van der Waals surface area contributed by atoms with Gasteiger partial charge in [0.25, 0.3) is 5.91 Å². The van der Waals surface area contributed by atoms with Crippen molar-refractivity contribution < 1.29 is 9.21 Å². The summed E-state index contributed by atoms with van der Waals surface area (Å²) in [6, 6.07) is 11.9. The Morgan fingerprint density at radius 3 is 2.68 bits per heavy atom. The van der Waals surface area contributed by atoms with Gasteiger partial charge in [-0.05, 0) is 19.2 Å². The average Bonchev–Trinajstić information content (AvgIpc) is 3.34. The number of benzene rings is 1. The first-order chi connectivity index (χ1) is 15.0. The molecule has 0 radical (unpaired) electrons. The molecule has 1 saturated heterocycles. The lowest BCUT2D eigenvalue weighted by molar-refractivity contribution is 0.100. The van der Waals surface area contributed by atoms with Gasteiger partial charge in [-0.25, -0.2) is 4.98 Å². The number of furan rings is 1. The molecule has 31 heavy (non-hydrogen) atoms. The summed E-state index contributed by atoms with van der Waals surface area (Å²) in [5.41, 5.74) is 13.8. The van der Waals surface area contributed by atoms with E-state index in [-0.39, 0.29) is 10.6 Å². The van der Waals surface area contributed by atoms with Gasteiger partial charge in [0.05, 0.1) is 11.3 Å². The van der Waals surface area contributed by atoms with E-state index in [4.69, 9.17) is 20.9 Å². The summed E-state index contributed by atoms with van der Waals surface area (Å²) in [6.45, 7) is 3.22. The maximum Gasteiger partial charge on any atom is 0.260 e. The van der Waals surface area contributed by atoms with Crippen LogP contribution in [0.4, 0.5) is 11.5 Å². The number of carbonyl (C=O) groups excluding carboxylic acids is 1. The number of primary amides is 1. The Bertz CT molecular complexity index is 1340.